The van der Waals surface area contributed by atoms with Gasteiger partial charge in [0, 0.05) is 22.1 Å². The van der Waals surface area contributed by atoms with Gasteiger partial charge in [0.05, 0.1) is 19.2 Å². The van der Waals surface area contributed by atoms with Crippen LogP contribution in [0, 0.1) is 13.8 Å². The van der Waals surface area contributed by atoms with Crippen molar-refractivity contribution in [1.82, 2.24) is 14.8 Å². The number of imide groups is 2. The first-order chi connectivity index (χ1) is 16.7. The number of rotatable bonds is 5. The molecule has 0 aliphatic carbocycles. The fraction of sp³-hybridized carbons (Fsp3) is 0.154. The third kappa shape index (κ3) is 4.61. The fourth-order valence-electron chi connectivity index (χ4n) is 3.99. The molecule has 0 unspecified atom stereocenters. The Hall–Kier alpha value is -4.17. The maximum absolute atomic E-state index is 13.2. The molecule has 0 saturated carbocycles. The number of hydrogen-bond donors (Lipinski definition) is 1. The highest BCUT2D eigenvalue weighted by Crippen LogP contribution is 2.26. The van der Waals surface area contributed by atoms with Crippen molar-refractivity contribution in [3.05, 3.63) is 93.3 Å². The lowest BCUT2D eigenvalue weighted by Gasteiger charge is -2.26. The molecule has 1 saturated heterocycles. The van der Waals surface area contributed by atoms with Crippen LogP contribution >= 0.6 is 11.6 Å². The Morgan fingerprint density at radius 1 is 1.06 bits per heavy atom. The molecule has 1 N–H and O–H groups in total. The summed E-state index contributed by atoms with van der Waals surface area (Å²) in [6, 6.07) is 14.8. The number of halogens is 1. The van der Waals surface area contributed by atoms with E-state index in [-0.39, 0.29) is 12.1 Å². The van der Waals surface area contributed by atoms with Crippen molar-refractivity contribution in [2.75, 3.05) is 7.11 Å². The van der Waals surface area contributed by atoms with E-state index >= 15 is 0 Å². The number of benzene rings is 2. The van der Waals surface area contributed by atoms with Crippen molar-refractivity contribution in [2.45, 2.75) is 20.4 Å². The van der Waals surface area contributed by atoms with Crippen LogP contribution < -0.4 is 5.32 Å². The van der Waals surface area contributed by atoms with Crippen LogP contribution in [-0.4, -0.2) is 40.4 Å². The molecule has 0 spiro atoms. The number of urea groups is 1. The van der Waals surface area contributed by atoms with Gasteiger partial charge in [-0.15, -0.1) is 0 Å². The predicted octanol–water partition coefficient (Wildman–Crippen LogP) is 4.20. The second kappa shape index (κ2) is 9.60. The lowest BCUT2D eigenvalue weighted by atomic mass is 10.1. The highest BCUT2D eigenvalue weighted by Gasteiger charge is 2.36. The molecule has 4 rings (SSSR count). The van der Waals surface area contributed by atoms with Crippen LogP contribution in [-0.2, 0) is 20.9 Å². The number of barbiturate groups is 1. The van der Waals surface area contributed by atoms with E-state index in [1.54, 1.807) is 48.5 Å². The Labute approximate surface area is 206 Å². The molecule has 2 heterocycles. The van der Waals surface area contributed by atoms with Gasteiger partial charge in [-0.3, -0.25) is 19.8 Å². The van der Waals surface area contributed by atoms with Crippen LogP contribution in [0.2, 0.25) is 5.02 Å². The first-order valence-corrected chi connectivity index (χ1v) is 11.1. The van der Waals surface area contributed by atoms with E-state index in [1.807, 2.05) is 24.5 Å². The summed E-state index contributed by atoms with van der Waals surface area (Å²) in [5.41, 5.74) is 3.92. The van der Waals surface area contributed by atoms with E-state index in [2.05, 4.69) is 5.32 Å². The van der Waals surface area contributed by atoms with Gasteiger partial charge in [0.15, 0.2) is 0 Å². The Morgan fingerprint density at radius 3 is 2.40 bits per heavy atom. The van der Waals surface area contributed by atoms with Crippen molar-refractivity contribution in [2.24, 2.45) is 0 Å². The monoisotopic (exact) mass is 491 g/mol. The Morgan fingerprint density at radius 2 is 1.74 bits per heavy atom. The van der Waals surface area contributed by atoms with Gasteiger partial charge in [-0.2, -0.15) is 0 Å². The number of nitrogens with zero attached hydrogens (tertiary/aromatic N) is 2. The quantitative estimate of drug-likeness (QED) is 0.328. The minimum atomic E-state index is -0.798. The van der Waals surface area contributed by atoms with Crippen molar-refractivity contribution in [1.29, 1.82) is 0 Å². The van der Waals surface area contributed by atoms with Crippen LogP contribution in [0.4, 0.5) is 4.79 Å². The average molecular weight is 492 g/mol. The van der Waals surface area contributed by atoms with E-state index in [4.69, 9.17) is 16.3 Å². The molecule has 0 atom stereocenters. The van der Waals surface area contributed by atoms with Gasteiger partial charge in [0.2, 0.25) is 0 Å². The third-order valence-electron chi connectivity index (χ3n) is 5.79. The van der Waals surface area contributed by atoms with E-state index in [1.165, 1.54) is 13.2 Å². The minimum Gasteiger partial charge on any atom is -0.465 e. The summed E-state index contributed by atoms with van der Waals surface area (Å²) in [4.78, 5) is 50.8. The summed E-state index contributed by atoms with van der Waals surface area (Å²) in [5, 5.41) is 2.64. The minimum absolute atomic E-state index is 0.0689. The summed E-state index contributed by atoms with van der Waals surface area (Å²) in [6.07, 6.45) is 1.48. The number of esters is 1. The number of carbonyl (C=O) groups excluding carboxylic acids is 4. The maximum Gasteiger partial charge on any atom is 0.337 e. The summed E-state index contributed by atoms with van der Waals surface area (Å²) in [5.74, 6) is -1.89. The molecule has 1 aliphatic rings. The number of amides is 4. The molecule has 1 fully saturated rings. The number of carbonyl (C=O) groups is 4. The fourth-order valence-corrected chi connectivity index (χ4v) is 4.18. The van der Waals surface area contributed by atoms with Crippen LogP contribution in [0.5, 0.6) is 0 Å². The Kier molecular flexibility index (Phi) is 6.57. The zero-order chi connectivity index (χ0) is 25.3. The number of methoxy groups -OCH3 is 1. The molecular weight excluding hydrogens is 470 g/mol. The predicted molar refractivity (Wildman–Crippen MR) is 130 cm³/mol. The number of nitrogens with one attached hydrogen (secondary N) is 1. The third-order valence-corrected chi connectivity index (χ3v) is 6.16. The number of hydrogen-bond acceptors (Lipinski definition) is 5. The van der Waals surface area contributed by atoms with Gasteiger partial charge in [-0.05, 0) is 67.4 Å². The van der Waals surface area contributed by atoms with E-state index in [0.717, 1.165) is 22.0 Å². The van der Waals surface area contributed by atoms with Crippen molar-refractivity contribution >= 4 is 41.5 Å². The summed E-state index contributed by atoms with van der Waals surface area (Å²) < 4.78 is 6.68. The van der Waals surface area contributed by atoms with Crippen molar-refractivity contribution in [3.63, 3.8) is 0 Å². The lowest BCUT2D eigenvalue weighted by molar-refractivity contribution is -0.130. The number of aromatic nitrogens is 1. The van der Waals surface area contributed by atoms with Crippen molar-refractivity contribution < 1.29 is 23.9 Å². The first-order valence-electron chi connectivity index (χ1n) is 10.7. The molecule has 9 heteroatoms. The summed E-state index contributed by atoms with van der Waals surface area (Å²) >= 11 is 6.19. The van der Waals surface area contributed by atoms with Gasteiger partial charge in [-0.25, -0.2) is 9.59 Å². The topological polar surface area (TPSA) is 97.7 Å². The molecule has 35 heavy (non-hydrogen) atoms. The van der Waals surface area contributed by atoms with Crippen molar-refractivity contribution in [3.8, 4) is 5.69 Å². The van der Waals surface area contributed by atoms with E-state index in [0.29, 0.717) is 21.7 Å². The molecule has 3 aromatic rings. The largest absolute Gasteiger partial charge is 0.465 e. The normalized spacial score (nSPS) is 14.9. The van der Waals surface area contributed by atoms with E-state index in [9.17, 15) is 19.2 Å². The smallest absolute Gasteiger partial charge is 0.337 e. The lowest BCUT2D eigenvalue weighted by Crippen LogP contribution is -2.53. The second-order valence-corrected chi connectivity index (χ2v) is 8.41. The van der Waals surface area contributed by atoms with Gasteiger partial charge in [-0.1, -0.05) is 29.8 Å². The summed E-state index contributed by atoms with van der Waals surface area (Å²) in [7, 11) is 1.32. The second-order valence-electron chi connectivity index (χ2n) is 8.00. The molecule has 2 aromatic carbocycles. The first kappa shape index (κ1) is 24.0. The number of aryl methyl sites for hydroxylation is 1. The van der Waals surface area contributed by atoms with E-state index < -0.39 is 23.8 Å². The van der Waals surface area contributed by atoms with Crippen LogP contribution in [0.3, 0.4) is 0 Å². The molecule has 1 aromatic heterocycles. The van der Waals surface area contributed by atoms with Gasteiger partial charge >= 0.3 is 12.0 Å². The molecule has 0 bridgehead atoms. The number of ether oxygens (including phenoxy) is 1. The maximum atomic E-state index is 13.2. The Balaban J connectivity index is 1.67. The van der Waals surface area contributed by atoms with Crippen LogP contribution in [0.25, 0.3) is 11.8 Å². The van der Waals surface area contributed by atoms with Gasteiger partial charge in [0.25, 0.3) is 11.8 Å². The van der Waals surface area contributed by atoms with Gasteiger partial charge in [0.1, 0.15) is 5.57 Å². The zero-order valence-electron chi connectivity index (χ0n) is 19.3. The standard InChI is InChI=1S/C26H22ClN3O5/c1-15-12-19(16(2)30(15)20-10-8-17(9-11-20)25(33)35-3)13-21-23(31)28-26(34)29(24(21)32)14-18-6-4-5-7-22(18)27/h4-13H,14H2,1-3H3,(H,28,31,34). The summed E-state index contributed by atoms with van der Waals surface area (Å²) in [6.45, 7) is 3.67. The molecule has 0 radical (unpaired) electrons. The zero-order valence-corrected chi connectivity index (χ0v) is 20.1. The highest BCUT2D eigenvalue weighted by atomic mass is 35.5. The molecular formula is C26H22ClN3O5. The SMILES string of the molecule is COC(=O)c1ccc(-n2c(C)cc(C=C3C(=O)NC(=O)N(Cc4ccccc4Cl)C3=O)c2C)cc1. The Bertz CT molecular complexity index is 1390. The molecule has 8 nitrogen and oxygen atoms in total. The molecule has 178 valence electrons. The van der Waals surface area contributed by atoms with Gasteiger partial charge < -0.3 is 9.30 Å². The molecule has 4 amide bonds. The van der Waals surface area contributed by atoms with Crippen LogP contribution in [0.1, 0.15) is 32.9 Å². The molecule has 1 aliphatic heterocycles. The average Bonchev–Trinajstić information content (AvgIpc) is 3.12. The van der Waals surface area contributed by atoms with Crippen LogP contribution in [0.15, 0.2) is 60.2 Å². The highest BCUT2D eigenvalue weighted by molar-refractivity contribution is 6.32.